The van der Waals surface area contributed by atoms with Gasteiger partial charge in [0.05, 0.1) is 10.7 Å². The van der Waals surface area contributed by atoms with Gasteiger partial charge in [-0.1, -0.05) is 53.5 Å². The first-order valence-electron chi connectivity index (χ1n) is 7.92. The number of hydrogen-bond acceptors (Lipinski definition) is 2. The molecule has 0 radical (unpaired) electrons. The summed E-state index contributed by atoms with van der Waals surface area (Å²) in [6, 6.07) is 17.6. The Hall–Kier alpha value is -2.03. The van der Waals surface area contributed by atoms with Gasteiger partial charge < -0.3 is 5.32 Å². The number of anilines is 1. The van der Waals surface area contributed by atoms with E-state index in [2.05, 4.69) is 10.3 Å². The molecule has 122 valence electrons. The van der Waals surface area contributed by atoms with Crippen molar-refractivity contribution < 1.29 is 0 Å². The van der Waals surface area contributed by atoms with E-state index >= 15 is 0 Å². The maximum atomic E-state index is 6.57. The number of hydrogen-bond donors (Lipinski definition) is 1. The lowest BCUT2D eigenvalue weighted by atomic mass is 9.96. The molecule has 0 spiro atoms. The molecule has 0 atom stereocenters. The summed E-state index contributed by atoms with van der Waals surface area (Å²) in [5.41, 5.74) is 3.96. The molecule has 4 heteroatoms. The standard InChI is InChI=1S/C20H18Cl2N2/c21-18-11-4-5-12-19(18)24-14-16-8-6-7-15(20(16)22)13-23-17-9-2-1-3-10-17/h1-5,9-14,23H,6-8H2/b15-13+,24-14?. The zero-order valence-electron chi connectivity index (χ0n) is 13.2. The van der Waals surface area contributed by atoms with Crippen molar-refractivity contribution in [1.82, 2.24) is 0 Å². The van der Waals surface area contributed by atoms with Crippen LogP contribution >= 0.6 is 23.2 Å². The van der Waals surface area contributed by atoms with Crippen LogP contribution in [-0.2, 0) is 0 Å². The van der Waals surface area contributed by atoms with Crippen LogP contribution in [0.15, 0.2) is 82.0 Å². The maximum absolute atomic E-state index is 6.57. The van der Waals surface area contributed by atoms with E-state index < -0.39 is 0 Å². The molecule has 1 N–H and O–H groups in total. The van der Waals surface area contributed by atoms with Crippen molar-refractivity contribution in [1.29, 1.82) is 0 Å². The Kier molecular flexibility index (Phi) is 5.73. The zero-order valence-corrected chi connectivity index (χ0v) is 14.7. The van der Waals surface area contributed by atoms with Gasteiger partial charge in [0.1, 0.15) is 0 Å². The highest BCUT2D eigenvalue weighted by Crippen LogP contribution is 2.32. The molecule has 1 aliphatic rings. The van der Waals surface area contributed by atoms with Gasteiger partial charge in [-0.2, -0.15) is 0 Å². The van der Waals surface area contributed by atoms with E-state index in [0.717, 1.165) is 46.8 Å². The number of nitrogens with zero attached hydrogens (tertiary/aromatic N) is 1. The van der Waals surface area contributed by atoms with Crippen LogP contribution in [0.3, 0.4) is 0 Å². The van der Waals surface area contributed by atoms with Crippen LogP contribution in [-0.4, -0.2) is 6.21 Å². The van der Waals surface area contributed by atoms with E-state index in [9.17, 15) is 0 Å². The van der Waals surface area contributed by atoms with E-state index in [-0.39, 0.29) is 0 Å². The van der Waals surface area contributed by atoms with Crippen molar-refractivity contribution in [2.24, 2.45) is 4.99 Å². The SMILES string of the molecule is ClC1=C(C=Nc2ccccc2Cl)CCC/C1=C\Nc1ccccc1. The lowest BCUT2D eigenvalue weighted by molar-refractivity contribution is 0.800. The average molecular weight is 357 g/mol. The summed E-state index contributed by atoms with van der Waals surface area (Å²) in [6.07, 6.45) is 6.76. The Morgan fingerprint density at radius 3 is 2.46 bits per heavy atom. The van der Waals surface area contributed by atoms with Crippen LogP contribution in [0.4, 0.5) is 11.4 Å². The molecule has 0 amide bonds. The van der Waals surface area contributed by atoms with Crippen molar-refractivity contribution >= 4 is 40.8 Å². The zero-order chi connectivity index (χ0) is 16.8. The average Bonchev–Trinajstić information content (AvgIpc) is 2.62. The van der Waals surface area contributed by atoms with E-state index in [0.29, 0.717) is 5.02 Å². The molecule has 2 nitrogen and oxygen atoms in total. The van der Waals surface area contributed by atoms with Crippen molar-refractivity contribution in [3.63, 3.8) is 0 Å². The third-order valence-corrected chi connectivity index (χ3v) is 4.66. The molecule has 2 aromatic rings. The van der Waals surface area contributed by atoms with Crippen LogP contribution in [0.25, 0.3) is 0 Å². The molecule has 3 rings (SSSR count). The van der Waals surface area contributed by atoms with E-state index in [4.69, 9.17) is 23.2 Å². The highest BCUT2D eigenvalue weighted by molar-refractivity contribution is 6.34. The third kappa shape index (κ3) is 4.28. The Balaban J connectivity index is 1.78. The van der Waals surface area contributed by atoms with Crippen molar-refractivity contribution in [3.05, 3.63) is 82.0 Å². The first kappa shape index (κ1) is 16.8. The Labute approximate surface area is 152 Å². The molecule has 0 heterocycles. The fourth-order valence-corrected chi connectivity index (χ4v) is 3.04. The number of halogens is 2. The van der Waals surface area contributed by atoms with Crippen molar-refractivity contribution in [3.8, 4) is 0 Å². The van der Waals surface area contributed by atoms with Gasteiger partial charge in [-0.15, -0.1) is 0 Å². The van der Waals surface area contributed by atoms with Gasteiger partial charge in [0.25, 0.3) is 0 Å². The Morgan fingerprint density at radius 2 is 1.67 bits per heavy atom. The summed E-state index contributed by atoms with van der Waals surface area (Å²) in [5.74, 6) is 0. The molecule has 0 aliphatic heterocycles. The lowest BCUT2D eigenvalue weighted by Gasteiger charge is -2.17. The molecule has 0 aromatic heterocycles. The van der Waals surface area contributed by atoms with Crippen molar-refractivity contribution in [2.75, 3.05) is 5.32 Å². The number of para-hydroxylation sites is 2. The smallest absolute Gasteiger partial charge is 0.0815 e. The van der Waals surface area contributed by atoms with Crippen LogP contribution in [0.2, 0.25) is 5.02 Å². The van der Waals surface area contributed by atoms with Gasteiger partial charge in [0, 0.05) is 23.1 Å². The highest BCUT2D eigenvalue weighted by atomic mass is 35.5. The van der Waals surface area contributed by atoms with E-state index in [1.807, 2.05) is 67.0 Å². The summed E-state index contributed by atoms with van der Waals surface area (Å²) < 4.78 is 0. The predicted molar refractivity (Wildman–Crippen MR) is 104 cm³/mol. The summed E-state index contributed by atoms with van der Waals surface area (Å²) in [7, 11) is 0. The topological polar surface area (TPSA) is 24.4 Å². The summed E-state index contributed by atoms with van der Waals surface area (Å²) >= 11 is 12.7. The quantitative estimate of drug-likeness (QED) is 0.604. The van der Waals surface area contributed by atoms with Crippen LogP contribution in [0, 0.1) is 0 Å². The predicted octanol–water partition coefficient (Wildman–Crippen LogP) is 6.72. The van der Waals surface area contributed by atoms with Crippen molar-refractivity contribution in [2.45, 2.75) is 19.3 Å². The molecule has 0 saturated carbocycles. The number of nitrogens with one attached hydrogen (secondary N) is 1. The molecular formula is C20H18Cl2N2. The molecule has 24 heavy (non-hydrogen) atoms. The second-order valence-corrected chi connectivity index (χ2v) is 6.37. The first-order chi connectivity index (χ1) is 11.7. The second kappa shape index (κ2) is 8.18. The van der Waals surface area contributed by atoms with Crippen LogP contribution < -0.4 is 5.32 Å². The third-order valence-electron chi connectivity index (χ3n) is 3.85. The van der Waals surface area contributed by atoms with Crippen LogP contribution in [0.1, 0.15) is 19.3 Å². The number of allylic oxidation sites excluding steroid dienone is 3. The molecule has 0 unspecified atom stereocenters. The minimum absolute atomic E-state index is 0.641. The second-order valence-electron chi connectivity index (χ2n) is 5.58. The molecule has 2 aromatic carbocycles. The van der Waals surface area contributed by atoms with Gasteiger partial charge in [-0.3, -0.25) is 4.99 Å². The minimum Gasteiger partial charge on any atom is -0.361 e. The highest BCUT2D eigenvalue weighted by Gasteiger charge is 2.14. The molecular weight excluding hydrogens is 339 g/mol. The minimum atomic E-state index is 0.641. The van der Waals surface area contributed by atoms with Gasteiger partial charge in [0.15, 0.2) is 0 Å². The summed E-state index contributed by atoms with van der Waals surface area (Å²) in [6.45, 7) is 0. The molecule has 0 bridgehead atoms. The number of rotatable bonds is 4. The molecule has 0 saturated heterocycles. The Morgan fingerprint density at radius 1 is 0.917 bits per heavy atom. The molecule has 1 aliphatic carbocycles. The van der Waals surface area contributed by atoms with Crippen LogP contribution in [0.5, 0.6) is 0 Å². The van der Waals surface area contributed by atoms with Gasteiger partial charge in [0.2, 0.25) is 0 Å². The van der Waals surface area contributed by atoms with Gasteiger partial charge in [-0.25, -0.2) is 0 Å². The van der Waals surface area contributed by atoms with E-state index in [1.165, 1.54) is 0 Å². The van der Waals surface area contributed by atoms with E-state index in [1.54, 1.807) is 0 Å². The largest absolute Gasteiger partial charge is 0.361 e. The fourth-order valence-electron chi connectivity index (χ4n) is 2.56. The van der Waals surface area contributed by atoms with Gasteiger partial charge in [-0.05, 0) is 54.7 Å². The van der Waals surface area contributed by atoms with Gasteiger partial charge >= 0.3 is 0 Å². The summed E-state index contributed by atoms with van der Waals surface area (Å²) in [4.78, 5) is 4.49. The lowest BCUT2D eigenvalue weighted by Crippen LogP contribution is -2.02. The summed E-state index contributed by atoms with van der Waals surface area (Å²) in [5, 5.41) is 4.72. The fraction of sp³-hybridized carbons (Fsp3) is 0.150. The normalized spacial score (nSPS) is 16.8. The maximum Gasteiger partial charge on any atom is 0.0815 e. The Bertz CT molecular complexity index is 792. The number of aliphatic imine (C=N–C) groups is 1. The first-order valence-corrected chi connectivity index (χ1v) is 8.68. The monoisotopic (exact) mass is 356 g/mol. The molecule has 0 fully saturated rings. The number of benzene rings is 2.